The summed E-state index contributed by atoms with van der Waals surface area (Å²) in [6.45, 7) is 0. The number of allylic oxidation sites excluding steroid dienone is 8. The highest BCUT2D eigenvalue weighted by molar-refractivity contribution is 5.43. The lowest BCUT2D eigenvalue weighted by Crippen LogP contribution is -2.03. The average Bonchev–Trinajstić information content (AvgIpc) is 2.49. The zero-order valence-electron chi connectivity index (χ0n) is 10.5. The number of rotatable bonds is 2. The Bertz CT molecular complexity index is 526. The molecule has 0 amide bonds. The molecular weight excluding hydrogens is 216 g/mol. The molecule has 0 bridgehead atoms. The molecule has 2 aliphatic rings. The van der Waals surface area contributed by atoms with Gasteiger partial charge in [-0.25, -0.2) is 0 Å². The molecule has 0 aliphatic heterocycles. The van der Waals surface area contributed by atoms with Crippen LogP contribution >= 0.6 is 0 Å². The van der Waals surface area contributed by atoms with Crippen molar-refractivity contribution in [3.05, 3.63) is 83.5 Å². The molecular formula is C18H18. The number of hydrogen-bond donors (Lipinski definition) is 0. The Kier molecular flexibility index (Phi) is 3.27. The quantitative estimate of drug-likeness (QED) is 0.680. The van der Waals surface area contributed by atoms with E-state index in [1.807, 2.05) is 0 Å². The molecule has 0 heteroatoms. The Hall–Kier alpha value is -1.82. The van der Waals surface area contributed by atoms with Crippen LogP contribution in [0.5, 0.6) is 0 Å². The van der Waals surface area contributed by atoms with Crippen molar-refractivity contribution >= 4 is 0 Å². The molecule has 0 fully saturated rings. The Balaban J connectivity index is 1.80. The van der Waals surface area contributed by atoms with E-state index in [2.05, 4.69) is 66.8 Å². The van der Waals surface area contributed by atoms with Crippen LogP contribution in [0.1, 0.15) is 30.7 Å². The maximum absolute atomic E-state index is 2.32. The first-order chi connectivity index (χ1) is 8.93. The lowest BCUT2D eigenvalue weighted by molar-refractivity contribution is 0.800. The standard InChI is InChI=1S/C18H18/c1-3-8-15(9-4-1)17-12-7-13-18(14-17)16-10-5-2-6-11-16/h1-5,7-10,12-13,17H,6,11,14H2. The topological polar surface area (TPSA) is 0 Å². The highest BCUT2D eigenvalue weighted by atomic mass is 14.2. The van der Waals surface area contributed by atoms with Crippen molar-refractivity contribution in [2.24, 2.45) is 0 Å². The fourth-order valence-corrected chi connectivity index (χ4v) is 2.72. The van der Waals surface area contributed by atoms with Crippen LogP contribution in [0, 0.1) is 0 Å². The predicted octanol–water partition coefficient (Wildman–Crippen LogP) is 4.93. The van der Waals surface area contributed by atoms with Gasteiger partial charge in [-0.3, -0.25) is 0 Å². The molecule has 0 nitrogen and oxygen atoms in total. The second kappa shape index (κ2) is 5.22. The van der Waals surface area contributed by atoms with Gasteiger partial charge in [0.05, 0.1) is 0 Å². The first-order valence-corrected chi connectivity index (χ1v) is 6.72. The Labute approximate surface area is 109 Å². The summed E-state index contributed by atoms with van der Waals surface area (Å²) in [4.78, 5) is 0. The van der Waals surface area contributed by atoms with Crippen LogP contribution in [-0.4, -0.2) is 0 Å². The van der Waals surface area contributed by atoms with Crippen molar-refractivity contribution < 1.29 is 0 Å². The van der Waals surface area contributed by atoms with Crippen LogP contribution in [0.25, 0.3) is 0 Å². The van der Waals surface area contributed by atoms with E-state index in [1.54, 1.807) is 0 Å². The third kappa shape index (κ3) is 2.38. The van der Waals surface area contributed by atoms with E-state index in [0.29, 0.717) is 5.92 Å². The predicted molar refractivity (Wildman–Crippen MR) is 77.5 cm³/mol. The zero-order valence-corrected chi connectivity index (χ0v) is 10.5. The molecule has 1 atom stereocenters. The third-order valence-corrected chi connectivity index (χ3v) is 3.73. The van der Waals surface area contributed by atoms with Crippen molar-refractivity contribution in [3.8, 4) is 0 Å². The summed E-state index contributed by atoms with van der Waals surface area (Å²) in [7, 11) is 0. The van der Waals surface area contributed by atoms with Gasteiger partial charge in [0.25, 0.3) is 0 Å². The van der Waals surface area contributed by atoms with Crippen molar-refractivity contribution in [2.75, 3.05) is 0 Å². The van der Waals surface area contributed by atoms with Crippen molar-refractivity contribution in [1.29, 1.82) is 0 Å². The van der Waals surface area contributed by atoms with Gasteiger partial charge < -0.3 is 0 Å². The second-order valence-electron chi connectivity index (χ2n) is 4.96. The van der Waals surface area contributed by atoms with Crippen molar-refractivity contribution in [2.45, 2.75) is 25.2 Å². The molecule has 0 heterocycles. The smallest absolute Gasteiger partial charge is 0.00615 e. The van der Waals surface area contributed by atoms with Crippen LogP contribution < -0.4 is 0 Å². The van der Waals surface area contributed by atoms with Gasteiger partial charge in [-0.2, -0.15) is 0 Å². The van der Waals surface area contributed by atoms with Gasteiger partial charge in [0.1, 0.15) is 0 Å². The molecule has 1 aromatic rings. The summed E-state index contributed by atoms with van der Waals surface area (Å²) in [6, 6.07) is 10.8. The lowest BCUT2D eigenvalue weighted by Gasteiger charge is -2.21. The fraction of sp³-hybridized carbons (Fsp3) is 0.222. The molecule has 0 N–H and O–H groups in total. The Morgan fingerprint density at radius 2 is 1.72 bits per heavy atom. The van der Waals surface area contributed by atoms with E-state index in [1.165, 1.54) is 29.6 Å². The normalized spacial score (nSPS) is 22.6. The van der Waals surface area contributed by atoms with E-state index in [4.69, 9.17) is 0 Å². The van der Waals surface area contributed by atoms with Crippen molar-refractivity contribution in [3.63, 3.8) is 0 Å². The van der Waals surface area contributed by atoms with Crippen LogP contribution in [0.2, 0.25) is 0 Å². The summed E-state index contributed by atoms with van der Waals surface area (Å²) in [5, 5.41) is 0. The Morgan fingerprint density at radius 3 is 2.50 bits per heavy atom. The largest absolute Gasteiger partial charge is 0.0842 e. The molecule has 0 saturated heterocycles. The summed E-state index contributed by atoms with van der Waals surface area (Å²) in [5.41, 5.74) is 4.45. The summed E-state index contributed by atoms with van der Waals surface area (Å²) in [6.07, 6.45) is 17.0. The average molecular weight is 234 g/mol. The Morgan fingerprint density at radius 1 is 0.889 bits per heavy atom. The van der Waals surface area contributed by atoms with Gasteiger partial charge in [0.2, 0.25) is 0 Å². The van der Waals surface area contributed by atoms with Crippen molar-refractivity contribution in [1.82, 2.24) is 0 Å². The third-order valence-electron chi connectivity index (χ3n) is 3.73. The van der Waals surface area contributed by atoms with Crippen LogP contribution in [-0.2, 0) is 0 Å². The van der Waals surface area contributed by atoms with Gasteiger partial charge >= 0.3 is 0 Å². The van der Waals surface area contributed by atoms with Crippen LogP contribution in [0.4, 0.5) is 0 Å². The summed E-state index contributed by atoms with van der Waals surface area (Å²) in [5.74, 6) is 0.540. The minimum Gasteiger partial charge on any atom is -0.0842 e. The zero-order chi connectivity index (χ0) is 12.2. The van der Waals surface area contributed by atoms with Crippen LogP contribution in [0.15, 0.2) is 77.9 Å². The van der Waals surface area contributed by atoms with E-state index in [0.717, 1.165) is 6.42 Å². The first-order valence-electron chi connectivity index (χ1n) is 6.72. The van der Waals surface area contributed by atoms with E-state index in [9.17, 15) is 0 Å². The maximum Gasteiger partial charge on any atom is 0.00615 e. The molecule has 18 heavy (non-hydrogen) atoms. The lowest BCUT2D eigenvalue weighted by atomic mass is 9.83. The molecule has 90 valence electrons. The maximum atomic E-state index is 2.32. The van der Waals surface area contributed by atoms with Crippen LogP contribution in [0.3, 0.4) is 0 Å². The van der Waals surface area contributed by atoms with E-state index >= 15 is 0 Å². The van der Waals surface area contributed by atoms with Gasteiger partial charge in [-0.1, -0.05) is 66.8 Å². The minimum absolute atomic E-state index is 0.540. The number of hydrogen-bond acceptors (Lipinski definition) is 0. The second-order valence-corrected chi connectivity index (χ2v) is 4.96. The van der Waals surface area contributed by atoms with E-state index < -0.39 is 0 Å². The summed E-state index contributed by atoms with van der Waals surface area (Å²) >= 11 is 0. The molecule has 0 aromatic heterocycles. The van der Waals surface area contributed by atoms with E-state index in [-0.39, 0.29) is 0 Å². The highest BCUT2D eigenvalue weighted by Crippen LogP contribution is 2.33. The van der Waals surface area contributed by atoms with Gasteiger partial charge in [0.15, 0.2) is 0 Å². The molecule has 1 unspecified atom stereocenters. The monoisotopic (exact) mass is 234 g/mol. The molecule has 2 aliphatic carbocycles. The molecule has 0 spiro atoms. The molecule has 1 aromatic carbocycles. The molecule has 3 rings (SSSR count). The van der Waals surface area contributed by atoms with Gasteiger partial charge in [-0.05, 0) is 36.0 Å². The van der Waals surface area contributed by atoms with Gasteiger partial charge in [0, 0.05) is 5.92 Å². The van der Waals surface area contributed by atoms with Gasteiger partial charge in [-0.15, -0.1) is 0 Å². The minimum atomic E-state index is 0.540. The molecule has 0 saturated carbocycles. The first kappa shape index (κ1) is 11.3. The number of benzene rings is 1. The SMILES string of the molecule is C1=CCCC(C2=CC=CC(c3ccccc3)C2)=C1. The summed E-state index contributed by atoms with van der Waals surface area (Å²) < 4.78 is 0. The highest BCUT2D eigenvalue weighted by Gasteiger charge is 2.16. The fourth-order valence-electron chi connectivity index (χ4n) is 2.72. The molecule has 0 radical (unpaired) electrons.